The van der Waals surface area contributed by atoms with Crippen LogP contribution in [0.15, 0.2) is 241 Å². The number of phenols is 1. The molecule has 18 rings (SSSR count). The Hall–Kier alpha value is -13.5. The Morgan fingerprint density at radius 3 is 1.27 bits per heavy atom. The van der Waals surface area contributed by atoms with Crippen molar-refractivity contribution in [2.75, 3.05) is 45.2 Å². The van der Waals surface area contributed by atoms with Crippen LogP contribution in [0.3, 0.4) is 0 Å². The summed E-state index contributed by atoms with van der Waals surface area (Å²) in [5.41, 5.74) is 12.9. The second kappa shape index (κ2) is 35.8. The van der Waals surface area contributed by atoms with Crippen LogP contribution in [0.4, 0.5) is 29.2 Å². The fourth-order valence-electron chi connectivity index (χ4n) is 15.7. The number of Topliss-reactive ketones (excluding diaryl/α,β-unsaturated/α-hetero) is 2. The van der Waals surface area contributed by atoms with Gasteiger partial charge in [0, 0.05) is 46.6 Å². The van der Waals surface area contributed by atoms with Crippen molar-refractivity contribution in [3.63, 3.8) is 0 Å². The van der Waals surface area contributed by atoms with Gasteiger partial charge in [-0.3, -0.25) is 24.2 Å². The molecule has 0 unspecified atom stereocenters. The number of ketones is 2. The molecule has 1 atom stereocenters. The van der Waals surface area contributed by atoms with Crippen molar-refractivity contribution < 1.29 is 110 Å². The van der Waals surface area contributed by atoms with Gasteiger partial charge in [-0.05, 0) is 280 Å². The number of methoxy groups -OCH3 is 3. The number of halogens is 4. The maximum absolute atomic E-state index is 13.4. The summed E-state index contributed by atoms with van der Waals surface area (Å²) in [4.78, 5) is 66.8. The number of phenolic OH excluding ortho intramolecular Hbond substituents is 1. The largest absolute Gasteiger partial charge is 0.586 e. The van der Waals surface area contributed by atoms with Gasteiger partial charge in [0.15, 0.2) is 23.0 Å². The third kappa shape index (κ3) is 19.8. The number of primary sulfonamides is 1. The summed E-state index contributed by atoms with van der Waals surface area (Å²) in [6, 6.07) is 69.6. The first-order chi connectivity index (χ1) is 60.7. The molecule has 0 saturated heterocycles. The van der Waals surface area contributed by atoms with Crippen LogP contribution in [0.5, 0.6) is 51.7 Å². The Morgan fingerprint density at radius 2 is 0.843 bits per heavy atom. The van der Waals surface area contributed by atoms with Gasteiger partial charge in [-0.2, -0.15) is 0 Å². The number of nitrogens with zero attached hydrogens (tertiary/aromatic N) is 3. The fraction of sp³-hybridized carbons (Fsp3) is 0.263. The van der Waals surface area contributed by atoms with Crippen molar-refractivity contribution >= 4 is 45.0 Å². The predicted molar refractivity (Wildman–Crippen MR) is 485 cm³/mol. The molecule has 670 valence electrons. The van der Waals surface area contributed by atoms with E-state index in [1.807, 2.05) is 167 Å². The molecule has 12 aromatic rings. The average Bonchev–Trinajstić information content (AvgIpc) is 1.60. The number of aryl methyl sites for hydroxylation is 4. The monoisotopic (exact) mass is 1760 g/mol. The molecule has 2 aliphatic heterocycles. The molecule has 2 amide bonds. The molecule has 6 aliphatic rings. The minimum Gasteiger partial charge on any atom is -0.508 e. The van der Waals surface area contributed by atoms with Crippen LogP contribution in [0.2, 0.25) is 0 Å². The molecule has 28 heteroatoms. The first-order valence-corrected chi connectivity index (χ1v) is 42.7. The Kier molecular flexibility index (Phi) is 24.9. The quantitative estimate of drug-likeness (QED) is 0.0274. The number of anilines is 2. The van der Waals surface area contributed by atoms with Crippen molar-refractivity contribution in [2.24, 2.45) is 5.14 Å². The number of aliphatic hydroxyl groups is 2. The van der Waals surface area contributed by atoms with Gasteiger partial charge < -0.3 is 63.8 Å². The number of benzene rings is 9. The van der Waals surface area contributed by atoms with E-state index in [4.69, 9.17) is 39.2 Å². The maximum Gasteiger partial charge on any atom is 0.586 e. The average molecular weight is 1760 g/mol. The second-order valence-electron chi connectivity index (χ2n) is 32.4. The Balaban J connectivity index is 0.000000241. The third-order valence-corrected chi connectivity index (χ3v) is 24.7. The van der Waals surface area contributed by atoms with Crippen molar-refractivity contribution in [3.05, 3.63) is 292 Å². The van der Waals surface area contributed by atoms with E-state index in [2.05, 4.69) is 34.6 Å². The summed E-state index contributed by atoms with van der Waals surface area (Å²) >= 11 is 0. The standard InChI is InChI=1S/C27H25F2NO6.C25H20F2O4.C24H24N2O3.C23H23N3O4S.8H2/c1-16-2-6-19(30-25(16)17-3-7-21(8-4-17)34-15-20(32)14-31)13-24(33)26(10-11-26)18-5-9-22-23(12-18)36-27(28,29)35-22;1-15-5-6-16(11-20(15)17-3-2-4-19(28)13-17)12-23(29)24(9-10-24)18-7-8-21-22(14-18)31-25(26,27)30-21;1-16-4-13-21(25-22(16)17-5-9-19(28-2)10-6-17)26-23(27)24(14-15-24)18-7-11-20(29-3)12-8-18;1-15-3-12-20(25-21(15)16-4-10-19(11-5-16)31(24,28)29)26-22(27)23(13-14-23)17-6-8-18(30-2)9-7-17;;;;;;;;/h2-9,12,20,31-32H,10-11,13-15H2,1H3;2-8,11,13-14,28H,9-10,12H2,1H3;4-13H,14-15H2,1-3H3,(H,25,26,27);3-12H,13-14H2,1-2H3,(H2,24,28,29)(H,25,26,27);8*1H/t20-;;;;;;;;;;;/m1.........../s1. The number of nitrogens with one attached hydrogen (secondary N) is 2. The van der Waals surface area contributed by atoms with Crippen LogP contribution >= 0.6 is 0 Å². The summed E-state index contributed by atoms with van der Waals surface area (Å²) < 4.78 is 116. The zero-order chi connectivity index (χ0) is 90.0. The number of alkyl halides is 4. The van der Waals surface area contributed by atoms with Crippen LogP contribution < -0.4 is 53.7 Å². The molecule has 0 bridgehead atoms. The number of carbonyl (C=O) groups excluding carboxylic acids is 4. The van der Waals surface area contributed by atoms with Gasteiger partial charge >= 0.3 is 12.6 Å². The minimum atomic E-state index is -3.76. The summed E-state index contributed by atoms with van der Waals surface area (Å²) in [7, 11) is 1.13. The molecule has 0 radical (unpaired) electrons. The van der Waals surface area contributed by atoms with Gasteiger partial charge in [0.1, 0.15) is 64.7 Å². The smallest absolute Gasteiger partial charge is 0.508 e. The molecule has 3 aromatic heterocycles. The lowest BCUT2D eigenvalue weighted by atomic mass is 9.87. The highest BCUT2D eigenvalue weighted by atomic mass is 32.2. The van der Waals surface area contributed by atoms with E-state index in [9.17, 15) is 55.4 Å². The first-order valence-electron chi connectivity index (χ1n) is 41.1. The SMILES string of the molecule is COc1ccc(-c2nc(NC(=O)C3(c4ccc(OC)cc4)CC3)ccc2C)cc1.COc1ccc(C2(C(=O)Nc3ccc(C)c(-c4ccc(S(N)(=O)=O)cc4)n3)CC2)cc1.Cc1ccc(CC(=O)C2(c3ccc4c(c3)OC(F)(F)O4)CC2)cc1-c1cccc(O)c1.Cc1ccc(CC(=O)C2(c3ccc4c(c3)OC(F)(F)O4)CC2)nc1-c1ccc(OC[C@H](O)CO)cc1.[HH].[HH].[HH].[HH].[HH].[HH].[HH].[HH]. The maximum atomic E-state index is 13.4. The summed E-state index contributed by atoms with van der Waals surface area (Å²) in [5, 5.41) is 39.3. The van der Waals surface area contributed by atoms with E-state index < -0.39 is 50.4 Å². The Morgan fingerprint density at radius 1 is 0.449 bits per heavy atom. The number of hydrogen-bond donors (Lipinski definition) is 6. The number of pyridine rings is 3. The van der Waals surface area contributed by atoms with Crippen molar-refractivity contribution in [1.29, 1.82) is 0 Å². The number of ether oxygens (including phenoxy) is 8. The molecule has 7 N–H and O–H groups in total. The fourth-order valence-corrected chi connectivity index (χ4v) is 16.2. The van der Waals surface area contributed by atoms with E-state index in [0.717, 1.165) is 121 Å². The van der Waals surface area contributed by atoms with Crippen LogP contribution in [-0.4, -0.2) is 115 Å². The lowest BCUT2D eigenvalue weighted by molar-refractivity contribution is -0.287. The lowest BCUT2D eigenvalue weighted by Crippen LogP contribution is -2.28. The number of fused-ring (bicyclic) bond motifs is 2. The van der Waals surface area contributed by atoms with E-state index >= 15 is 0 Å². The van der Waals surface area contributed by atoms with Gasteiger partial charge in [0.25, 0.3) is 0 Å². The first kappa shape index (κ1) is 88.3. The van der Waals surface area contributed by atoms with Crippen LogP contribution in [-0.2, 0) is 63.7 Å². The van der Waals surface area contributed by atoms with Crippen LogP contribution in [0.1, 0.15) is 119 Å². The summed E-state index contributed by atoms with van der Waals surface area (Å²) in [6.07, 6.45) is -2.14. The zero-order valence-corrected chi connectivity index (χ0v) is 71.3. The number of aromatic hydroxyl groups is 1. The Bertz CT molecular complexity index is 6310. The van der Waals surface area contributed by atoms with E-state index in [0.29, 0.717) is 65.6 Å². The molecule has 127 heavy (non-hydrogen) atoms. The number of rotatable bonds is 26. The highest BCUT2D eigenvalue weighted by Crippen LogP contribution is 2.56. The van der Waals surface area contributed by atoms with Gasteiger partial charge in [-0.1, -0.05) is 97.1 Å². The third-order valence-electron chi connectivity index (χ3n) is 23.7. The second-order valence-corrected chi connectivity index (χ2v) is 34.0. The minimum absolute atomic E-state index is 0. The molecule has 9 aromatic carbocycles. The molecular weight excluding hydrogens is 1650 g/mol. The highest BCUT2D eigenvalue weighted by molar-refractivity contribution is 7.89. The number of aromatic nitrogens is 3. The van der Waals surface area contributed by atoms with Gasteiger partial charge in [0.2, 0.25) is 21.8 Å². The van der Waals surface area contributed by atoms with E-state index in [-0.39, 0.29) is 94.5 Å². The summed E-state index contributed by atoms with van der Waals surface area (Å²) in [5.74, 6) is 3.81. The molecule has 0 spiro atoms. The molecule has 5 heterocycles. The normalized spacial score (nSPS) is 16.0. The number of amides is 2. The lowest BCUT2D eigenvalue weighted by Gasteiger charge is -2.17. The number of carbonyl (C=O) groups is 4. The van der Waals surface area contributed by atoms with Gasteiger partial charge in [0.05, 0.1) is 71.6 Å². The molecule has 4 saturated carbocycles. The highest BCUT2D eigenvalue weighted by Gasteiger charge is 2.55. The molecule has 4 fully saturated rings. The molecular formula is C99H108F4N6O17S. The topological polar surface area (TPSA) is 326 Å². The van der Waals surface area contributed by atoms with Crippen LogP contribution in [0.25, 0.3) is 44.9 Å². The zero-order valence-electron chi connectivity index (χ0n) is 70.5. The number of sulfonamides is 1. The van der Waals surface area contributed by atoms with Gasteiger partial charge in [-0.15, -0.1) is 17.6 Å². The summed E-state index contributed by atoms with van der Waals surface area (Å²) in [6.45, 7) is 7.44. The Labute approximate surface area is 742 Å². The number of nitrogens with two attached hydrogens (primary N) is 1. The number of aliphatic hydroxyl groups excluding tert-OH is 2. The van der Waals surface area contributed by atoms with Crippen molar-refractivity contribution in [3.8, 4) is 96.6 Å². The molecule has 4 aliphatic carbocycles. The van der Waals surface area contributed by atoms with Crippen LogP contribution in [0, 0.1) is 27.7 Å². The number of hydrogen-bond acceptors (Lipinski definition) is 20. The van der Waals surface area contributed by atoms with E-state index in [1.165, 1.54) is 36.4 Å². The predicted octanol–water partition coefficient (Wildman–Crippen LogP) is 19.6. The van der Waals surface area contributed by atoms with E-state index in [1.54, 1.807) is 82.0 Å². The van der Waals surface area contributed by atoms with Crippen molar-refractivity contribution in [1.82, 2.24) is 15.0 Å². The van der Waals surface area contributed by atoms with Gasteiger partial charge in [-0.25, -0.2) is 23.5 Å². The molecule has 23 nitrogen and oxygen atoms in total. The van der Waals surface area contributed by atoms with Crippen molar-refractivity contribution in [2.45, 2.75) is 137 Å².